The molecule has 0 unspecified atom stereocenters. The Balaban J connectivity index is 1.58. The number of hydrogen-bond donors (Lipinski definition) is 0. The number of piperazine rings is 1. The van der Waals surface area contributed by atoms with Gasteiger partial charge in [-0.3, -0.25) is 4.79 Å². The summed E-state index contributed by atoms with van der Waals surface area (Å²) in [6.07, 6.45) is -0.312. The van der Waals surface area contributed by atoms with E-state index in [1.807, 2.05) is 62.1 Å². The molecule has 0 aromatic heterocycles. The number of carbonyl (C=O) groups excluding carboxylic acids is 2. The fraction of sp³-hybridized carbons (Fsp3) is 0.423. The van der Waals surface area contributed by atoms with E-state index in [1.54, 1.807) is 29.0 Å². The highest BCUT2D eigenvalue weighted by atomic mass is 35.5. The number of anilines is 1. The van der Waals surface area contributed by atoms with Gasteiger partial charge in [-0.15, -0.1) is 0 Å². The molecule has 7 nitrogen and oxygen atoms in total. The highest BCUT2D eigenvalue weighted by Gasteiger charge is 2.27. The van der Waals surface area contributed by atoms with Crippen LogP contribution in [0.5, 0.6) is 5.75 Å². The number of amides is 2. The van der Waals surface area contributed by atoms with Crippen LogP contribution in [0.4, 0.5) is 10.5 Å². The normalized spacial score (nSPS) is 13.8. The maximum absolute atomic E-state index is 13.3. The molecule has 0 spiro atoms. The number of thiocarbonyl (C=S) groups is 1. The molecule has 3 rings (SSSR count). The molecule has 1 aliphatic rings. The molecular formula is C26H32ClN3O4S2. The Hall–Kier alpha value is -2.49. The maximum Gasteiger partial charge on any atom is 0.410 e. The van der Waals surface area contributed by atoms with Crippen molar-refractivity contribution in [3.05, 3.63) is 59.1 Å². The van der Waals surface area contributed by atoms with E-state index in [0.717, 1.165) is 17.0 Å². The summed E-state index contributed by atoms with van der Waals surface area (Å²) in [5, 5.41) is 0.608. The van der Waals surface area contributed by atoms with Crippen molar-refractivity contribution in [1.29, 1.82) is 0 Å². The molecule has 1 fully saturated rings. The number of thioether (sulfide) groups is 1. The Morgan fingerprint density at radius 2 is 1.58 bits per heavy atom. The van der Waals surface area contributed by atoms with Gasteiger partial charge in [0.2, 0.25) is 5.91 Å². The zero-order chi connectivity index (χ0) is 26.3. The monoisotopic (exact) mass is 549 g/mol. The molecular weight excluding hydrogens is 518 g/mol. The van der Waals surface area contributed by atoms with E-state index in [9.17, 15) is 9.59 Å². The van der Waals surface area contributed by atoms with Crippen molar-refractivity contribution in [2.45, 2.75) is 32.9 Å². The zero-order valence-electron chi connectivity index (χ0n) is 21.0. The second-order valence-corrected chi connectivity index (χ2v) is 11.4. The molecule has 0 radical (unpaired) electrons. The summed E-state index contributed by atoms with van der Waals surface area (Å²) in [6.45, 7) is 8.23. The molecule has 0 saturated carbocycles. The molecule has 1 heterocycles. The number of hydrogen-bond acceptors (Lipinski definition) is 6. The van der Waals surface area contributed by atoms with Crippen molar-refractivity contribution in [2.75, 3.05) is 43.9 Å². The number of halogens is 1. The van der Waals surface area contributed by atoms with Gasteiger partial charge < -0.3 is 24.2 Å². The van der Waals surface area contributed by atoms with Gasteiger partial charge >= 0.3 is 6.09 Å². The number of benzene rings is 2. The quantitative estimate of drug-likeness (QED) is 0.444. The molecule has 0 bridgehead atoms. The highest BCUT2D eigenvalue weighted by molar-refractivity contribution is 8.23. The summed E-state index contributed by atoms with van der Waals surface area (Å²) in [7, 11) is 1.62. The molecule has 1 saturated heterocycles. The summed E-state index contributed by atoms with van der Waals surface area (Å²) in [6, 6.07) is 14.8. The van der Waals surface area contributed by atoms with Crippen molar-refractivity contribution in [2.24, 2.45) is 0 Å². The van der Waals surface area contributed by atoms with Gasteiger partial charge in [0.15, 0.2) is 0 Å². The second-order valence-electron chi connectivity index (χ2n) is 9.31. The van der Waals surface area contributed by atoms with Crippen LogP contribution >= 0.6 is 35.6 Å². The van der Waals surface area contributed by atoms with Gasteiger partial charge in [-0.05, 0) is 62.7 Å². The Morgan fingerprint density at radius 1 is 1.00 bits per heavy atom. The van der Waals surface area contributed by atoms with Gasteiger partial charge in [0, 0.05) is 36.9 Å². The topological polar surface area (TPSA) is 62.3 Å². The molecule has 0 atom stereocenters. The van der Waals surface area contributed by atoms with Crippen LogP contribution in [0.1, 0.15) is 26.3 Å². The molecule has 2 aromatic carbocycles. The molecule has 2 aromatic rings. The minimum atomic E-state index is -0.526. The summed E-state index contributed by atoms with van der Waals surface area (Å²) >= 11 is 13.0. The van der Waals surface area contributed by atoms with Gasteiger partial charge in [0.1, 0.15) is 15.7 Å². The summed E-state index contributed by atoms with van der Waals surface area (Å²) < 4.78 is 11.3. The smallest absolute Gasteiger partial charge is 0.410 e. The molecule has 2 amide bonds. The zero-order valence-corrected chi connectivity index (χ0v) is 23.4. The Kier molecular flexibility index (Phi) is 9.87. The minimum Gasteiger partial charge on any atom is -0.497 e. The van der Waals surface area contributed by atoms with E-state index >= 15 is 0 Å². The fourth-order valence-electron chi connectivity index (χ4n) is 3.55. The first-order valence-corrected chi connectivity index (χ1v) is 13.4. The third-order valence-corrected chi connectivity index (χ3v) is 7.21. The Morgan fingerprint density at radius 3 is 2.14 bits per heavy atom. The van der Waals surface area contributed by atoms with E-state index in [-0.39, 0.29) is 17.8 Å². The van der Waals surface area contributed by atoms with Crippen LogP contribution in [0.2, 0.25) is 5.02 Å². The lowest BCUT2D eigenvalue weighted by Crippen LogP contribution is -2.51. The molecule has 0 N–H and O–H groups in total. The number of nitrogens with zero attached hydrogens (tertiary/aromatic N) is 3. The number of carbonyl (C=O) groups is 2. The first kappa shape index (κ1) is 28.1. The molecule has 36 heavy (non-hydrogen) atoms. The summed E-state index contributed by atoms with van der Waals surface area (Å²) in [4.78, 5) is 31.1. The van der Waals surface area contributed by atoms with Gasteiger partial charge in [-0.25, -0.2) is 4.79 Å². The van der Waals surface area contributed by atoms with Crippen molar-refractivity contribution in [3.63, 3.8) is 0 Å². The van der Waals surface area contributed by atoms with Crippen LogP contribution in [-0.2, 0) is 16.1 Å². The van der Waals surface area contributed by atoms with Crippen molar-refractivity contribution < 1.29 is 19.1 Å². The van der Waals surface area contributed by atoms with E-state index in [1.165, 1.54) is 11.8 Å². The van der Waals surface area contributed by atoms with Crippen LogP contribution < -0.4 is 9.64 Å². The SMILES string of the molecule is COc1ccc(CN(C(=O)CSC(=S)N2CCN(C(=O)OC(C)(C)C)CC2)c2ccc(Cl)cc2)cc1. The van der Waals surface area contributed by atoms with E-state index < -0.39 is 5.60 Å². The molecule has 1 aliphatic heterocycles. The third-order valence-electron chi connectivity index (χ3n) is 5.45. The largest absolute Gasteiger partial charge is 0.497 e. The van der Waals surface area contributed by atoms with Gasteiger partial charge in [0.05, 0.1) is 19.4 Å². The average molecular weight is 550 g/mol. The predicted octanol–water partition coefficient (Wildman–Crippen LogP) is 5.45. The highest BCUT2D eigenvalue weighted by Crippen LogP contribution is 2.23. The van der Waals surface area contributed by atoms with E-state index in [4.69, 9.17) is 33.3 Å². The van der Waals surface area contributed by atoms with E-state index in [0.29, 0.717) is 42.1 Å². The Bertz CT molecular complexity index is 1050. The number of rotatable bonds is 6. The summed E-state index contributed by atoms with van der Waals surface area (Å²) in [5.74, 6) is 0.896. The first-order chi connectivity index (χ1) is 17.1. The predicted molar refractivity (Wildman–Crippen MR) is 150 cm³/mol. The molecule has 10 heteroatoms. The first-order valence-electron chi connectivity index (χ1n) is 11.6. The standard InChI is InChI=1S/C26H32ClN3O4S2/c1-26(2,3)34-24(32)28-13-15-29(16-14-28)25(35)36-18-23(31)30(21-9-7-20(27)8-10-21)17-19-5-11-22(33-4)12-6-19/h5-12H,13-18H2,1-4H3. The average Bonchev–Trinajstić information content (AvgIpc) is 2.85. The van der Waals surface area contributed by atoms with Crippen LogP contribution in [0.25, 0.3) is 0 Å². The Labute approximate surface area is 227 Å². The third kappa shape index (κ3) is 8.28. The van der Waals surface area contributed by atoms with E-state index in [2.05, 4.69) is 0 Å². The molecule has 0 aliphatic carbocycles. The van der Waals surface area contributed by atoms with Gasteiger partial charge in [-0.1, -0.05) is 47.7 Å². The van der Waals surface area contributed by atoms with Crippen molar-refractivity contribution >= 4 is 57.6 Å². The second kappa shape index (κ2) is 12.7. The maximum atomic E-state index is 13.3. The van der Waals surface area contributed by atoms with Gasteiger partial charge in [0.25, 0.3) is 0 Å². The van der Waals surface area contributed by atoms with Gasteiger partial charge in [-0.2, -0.15) is 0 Å². The summed E-state index contributed by atoms with van der Waals surface area (Å²) in [5.41, 5.74) is 1.21. The lowest BCUT2D eigenvalue weighted by molar-refractivity contribution is -0.116. The van der Waals surface area contributed by atoms with Crippen LogP contribution in [-0.4, -0.2) is 70.8 Å². The number of methoxy groups -OCH3 is 1. The van der Waals surface area contributed by atoms with Crippen LogP contribution in [0.15, 0.2) is 48.5 Å². The lowest BCUT2D eigenvalue weighted by Gasteiger charge is -2.36. The van der Waals surface area contributed by atoms with Crippen LogP contribution in [0, 0.1) is 0 Å². The fourth-order valence-corrected chi connectivity index (χ4v) is 4.80. The number of ether oxygens (including phenoxy) is 2. The van der Waals surface area contributed by atoms with Crippen LogP contribution in [0.3, 0.4) is 0 Å². The van der Waals surface area contributed by atoms with Crippen molar-refractivity contribution in [3.8, 4) is 5.75 Å². The lowest BCUT2D eigenvalue weighted by atomic mass is 10.2. The van der Waals surface area contributed by atoms with Crippen molar-refractivity contribution in [1.82, 2.24) is 9.80 Å². The molecule has 194 valence electrons. The minimum absolute atomic E-state index is 0.0621.